The average molecular weight is 422 g/mol. The fraction of sp³-hybridized carbons (Fsp3) is 0.348. The normalized spacial score (nSPS) is 19.8. The van der Waals surface area contributed by atoms with Crippen LogP contribution >= 0.6 is 9.39 Å². The first-order valence-electron chi connectivity index (χ1n) is 10.5. The smallest absolute Gasteiger partial charge is 0.335 e. The molecule has 1 saturated carbocycles. The molecule has 0 aliphatic heterocycles. The maximum absolute atomic E-state index is 11.3. The van der Waals surface area contributed by atoms with Gasteiger partial charge in [-0.25, -0.2) is 14.8 Å². The van der Waals surface area contributed by atoms with Gasteiger partial charge in [-0.1, -0.05) is 53.3 Å². The van der Waals surface area contributed by atoms with Crippen LogP contribution in [-0.2, 0) is 0 Å². The van der Waals surface area contributed by atoms with Gasteiger partial charge in [0, 0.05) is 23.7 Å². The molecule has 0 radical (unpaired) electrons. The van der Waals surface area contributed by atoms with Gasteiger partial charge >= 0.3 is 5.97 Å². The molecule has 1 aliphatic rings. The lowest BCUT2D eigenvalue weighted by atomic mass is 9.93. The van der Waals surface area contributed by atoms with Gasteiger partial charge < -0.3 is 10.4 Å². The van der Waals surface area contributed by atoms with Gasteiger partial charge in [-0.2, -0.15) is 0 Å². The van der Waals surface area contributed by atoms with E-state index in [-0.39, 0.29) is 5.56 Å². The highest BCUT2D eigenvalue weighted by atomic mass is 31.0. The molecule has 3 N–H and O–H groups in total. The summed E-state index contributed by atoms with van der Waals surface area (Å²) >= 11 is 0. The third-order valence-corrected chi connectivity index (χ3v) is 6.25. The number of aromatic carboxylic acids is 1. The first-order valence-corrected chi connectivity index (χ1v) is 11.0. The second kappa shape index (κ2) is 9.50. The Balaban J connectivity index is 1.57. The van der Waals surface area contributed by atoms with E-state index in [0.29, 0.717) is 18.0 Å². The molecule has 0 saturated heterocycles. The molecule has 4 rings (SSSR count). The summed E-state index contributed by atoms with van der Waals surface area (Å²) in [6, 6.07) is 13.6. The van der Waals surface area contributed by atoms with Gasteiger partial charge in [-0.3, -0.25) is 5.09 Å². The number of aromatic nitrogens is 2. The summed E-state index contributed by atoms with van der Waals surface area (Å²) in [5.41, 5.74) is 2.96. The predicted molar refractivity (Wildman–Crippen MR) is 124 cm³/mol. The lowest BCUT2D eigenvalue weighted by molar-refractivity contribution is 0.0697. The minimum absolute atomic E-state index is 0.278. The SMILES string of the molecule is O=C(O)c1cccc(-c2ccc3nc(N[C@H]4CCCCCCC4NP)ncc3c2)c1. The zero-order valence-corrected chi connectivity index (χ0v) is 18.0. The van der Waals surface area contributed by atoms with Crippen molar-refractivity contribution in [3.05, 3.63) is 54.2 Å². The third kappa shape index (κ3) is 4.77. The van der Waals surface area contributed by atoms with E-state index in [2.05, 4.69) is 24.8 Å². The van der Waals surface area contributed by atoms with Crippen LogP contribution in [-0.4, -0.2) is 33.1 Å². The van der Waals surface area contributed by atoms with E-state index in [1.54, 1.807) is 18.2 Å². The van der Waals surface area contributed by atoms with E-state index in [4.69, 9.17) is 4.98 Å². The Morgan fingerprint density at radius 3 is 2.53 bits per heavy atom. The zero-order valence-electron chi connectivity index (χ0n) is 16.8. The van der Waals surface area contributed by atoms with E-state index in [9.17, 15) is 9.90 Å². The number of hydrogen-bond donors (Lipinski definition) is 3. The summed E-state index contributed by atoms with van der Waals surface area (Å²) in [5, 5.41) is 17.1. The monoisotopic (exact) mass is 422 g/mol. The van der Waals surface area contributed by atoms with Crippen LogP contribution in [0.2, 0.25) is 0 Å². The molecule has 0 bridgehead atoms. The summed E-state index contributed by atoms with van der Waals surface area (Å²) in [5.74, 6) is -0.275. The van der Waals surface area contributed by atoms with Crippen molar-refractivity contribution in [3.8, 4) is 11.1 Å². The first-order chi connectivity index (χ1) is 14.6. The Kier molecular flexibility index (Phi) is 6.56. The van der Waals surface area contributed by atoms with Crippen LogP contribution in [0.4, 0.5) is 5.95 Å². The van der Waals surface area contributed by atoms with Crippen LogP contribution in [0.1, 0.15) is 48.9 Å². The van der Waals surface area contributed by atoms with Crippen LogP contribution in [0.25, 0.3) is 22.0 Å². The van der Waals surface area contributed by atoms with Gasteiger partial charge in [0.25, 0.3) is 0 Å². The number of carbonyl (C=O) groups is 1. The molecule has 6 nitrogen and oxygen atoms in total. The Labute approximate surface area is 178 Å². The zero-order chi connectivity index (χ0) is 20.9. The summed E-state index contributed by atoms with van der Waals surface area (Å²) in [6.45, 7) is 0. The molecule has 7 heteroatoms. The highest BCUT2D eigenvalue weighted by molar-refractivity contribution is 7.13. The van der Waals surface area contributed by atoms with Crippen molar-refractivity contribution in [2.24, 2.45) is 0 Å². The molecule has 30 heavy (non-hydrogen) atoms. The molecule has 1 heterocycles. The molecule has 1 aliphatic carbocycles. The Bertz CT molecular complexity index is 1040. The molecular formula is C23H27N4O2P. The molecule has 1 aromatic heterocycles. The lowest BCUT2D eigenvalue weighted by Gasteiger charge is -2.29. The van der Waals surface area contributed by atoms with Crippen LogP contribution < -0.4 is 10.4 Å². The maximum atomic E-state index is 11.3. The van der Waals surface area contributed by atoms with Gasteiger partial charge in [0.1, 0.15) is 0 Å². The van der Waals surface area contributed by atoms with Crippen molar-refractivity contribution in [2.75, 3.05) is 5.32 Å². The molecular weight excluding hydrogens is 395 g/mol. The quantitative estimate of drug-likeness (QED) is 0.508. The molecule has 2 unspecified atom stereocenters. The average Bonchev–Trinajstić information content (AvgIpc) is 2.75. The molecule has 0 spiro atoms. The number of nitrogens with one attached hydrogen (secondary N) is 2. The highest BCUT2D eigenvalue weighted by Gasteiger charge is 2.22. The highest BCUT2D eigenvalue weighted by Crippen LogP contribution is 2.26. The van der Waals surface area contributed by atoms with E-state index in [1.165, 1.54) is 25.7 Å². The largest absolute Gasteiger partial charge is 0.478 e. The maximum Gasteiger partial charge on any atom is 0.335 e. The molecule has 156 valence electrons. The van der Waals surface area contributed by atoms with E-state index < -0.39 is 5.97 Å². The number of hydrogen-bond acceptors (Lipinski definition) is 5. The lowest BCUT2D eigenvalue weighted by Crippen LogP contribution is -2.41. The number of fused-ring (bicyclic) bond motifs is 1. The third-order valence-electron chi connectivity index (χ3n) is 5.82. The second-order valence-electron chi connectivity index (χ2n) is 7.87. The van der Waals surface area contributed by atoms with Gasteiger partial charge in [-0.15, -0.1) is 0 Å². The van der Waals surface area contributed by atoms with Crippen LogP contribution in [0, 0.1) is 0 Å². The fourth-order valence-electron chi connectivity index (χ4n) is 4.14. The van der Waals surface area contributed by atoms with Crippen molar-refractivity contribution < 1.29 is 9.90 Å². The molecule has 3 aromatic rings. The number of anilines is 1. The molecule has 2 aromatic carbocycles. The number of benzene rings is 2. The number of carboxylic acids is 1. The Morgan fingerprint density at radius 1 is 1.00 bits per heavy atom. The number of carboxylic acid groups (broad SMARTS) is 1. The number of rotatable bonds is 5. The standard InChI is InChI=1S/C23H27N4O2P/c28-22(29)17-7-5-6-15(12-17)16-10-11-19-18(13-16)14-24-23(25-19)26-20-8-3-1-2-4-9-21(20)27-30/h5-7,10-14,20-21,27H,1-4,8-9,30H2,(H,28,29)(H,24,25,26)/t20-,21?/m0/s1. The van der Waals surface area contributed by atoms with Crippen molar-refractivity contribution in [1.29, 1.82) is 0 Å². The van der Waals surface area contributed by atoms with Gasteiger partial charge in [0.2, 0.25) is 5.95 Å². The minimum Gasteiger partial charge on any atom is -0.478 e. The van der Waals surface area contributed by atoms with Crippen molar-refractivity contribution >= 4 is 32.2 Å². The molecule has 1 fully saturated rings. The summed E-state index contributed by atoms with van der Waals surface area (Å²) in [4.78, 5) is 20.5. The van der Waals surface area contributed by atoms with Crippen molar-refractivity contribution in [3.63, 3.8) is 0 Å². The van der Waals surface area contributed by atoms with E-state index in [0.717, 1.165) is 34.9 Å². The minimum atomic E-state index is -0.927. The van der Waals surface area contributed by atoms with Crippen molar-refractivity contribution in [2.45, 2.75) is 50.6 Å². The molecule has 0 amide bonds. The fourth-order valence-corrected chi connectivity index (χ4v) is 4.54. The van der Waals surface area contributed by atoms with Gasteiger partial charge in [0.15, 0.2) is 0 Å². The molecule has 3 atom stereocenters. The first kappa shape index (κ1) is 20.7. The van der Waals surface area contributed by atoms with Crippen molar-refractivity contribution in [1.82, 2.24) is 15.1 Å². The predicted octanol–water partition coefficient (Wildman–Crippen LogP) is 4.88. The summed E-state index contributed by atoms with van der Waals surface area (Å²) in [6.07, 6.45) is 9.13. The van der Waals surface area contributed by atoms with Crippen LogP contribution in [0.5, 0.6) is 0 Å². The Hall–Kier alpha value is -2.56. The van der Waals surface area contributed by atoms with Crippen LogP contribution in [0.15, 0.2) is 48.7 Å². The van der Waals surface area contributed by atoms with Gasteiger partial charge in [0.05, 0.1) is 11.1 Å². The Morgan fingerprint density at radius 2 is 1.77 bits per heavy atom. The van der Waals surface area contributed by atoms with Gasteiger partial charge in [-0.05, 0) is 48.2 Å². The number of nitrogens with zero attached hydrogens (tertiary/aromatic N) is 2. The second-order valence-corrected chi connectivity index (χ2v) is 8.20. The summed E-state index contributed by atoms with van der Waals surface area (Å²) < 4.78 is 0. The van der Waals surface area contributed by atoms with Crippen LogP contribution in [0.3, 0.4) is 0 Å². The topological polar surface area (TPSA) is 87.1 Å². The summed E-state index contributed by atoms with van der Waals surface area (Å²) in [7, 11) is 2.66. The van der Waals surface area contributed by atoms with E-state index >= 15 is 0 Å². The van der Waals surface area contributed by atoms with E-state index in [1.807, 2.05) is 30.5 Å².